The highest BCUT2D eigenvalue weighted by Gasteiger charge is 2.07. The second-order valence-corrected chi connectivity index (χ2v) is 4.89. The summed E-state index contributed by atoms with van der Waals surface area (Å²) in [5.74, 6) is 1.53. The van der Waals surface area contributed by atoms with E-state index in [2.05, 4.69) is 22.9 Å². The van der Waals surface area contributed by atoms with Gasteiger partial charge in [0.15, 0.2) is 0 Å². The molecule has 94 valence electrons. The Hall–Kier alpha value is -1.32. The van der Waals surface area contributed by atoms with E-state index >= 15 is 0 Å². The maximum atomic E-state index is 9.32. The van der Waals surface area contributed by atoms with Crippen LogP contribution in [0.1, 0.15) is 18.1 Å². The van der Waals surface area contributed by atoms with Crippen LogP contribution in [0.3, 0.4) is 0 Å². The largest absolute Gasteiger partial charge is 0.457 e. The molecule has 2 nitrogen and oxygen atoms in total. The van der Waals surface area contributed by atoms with Crippen LogP contribution in [0.25, 0.3) is 0 Å². The number of hydrogen-bond acceptors (Lipinski definition) is 2. The number of halogens is 1. The second-order valence-electron chi connectivity index (χ2n) is 3.97. The lowest BCUT2D eigenvalue weighted by molar-refractivity contribution is 0.276. The molecular weight excluding hydrogens is 292 g/mol. The minimum Gasteiger partial charge on any atom is -0.457 e. The Morgan fingerprint density at radius 3 is 2.56 bits per heavy atom. The lowest BCUT2D eigenvalue weighted by Gasteiger charge is -2.13. The molecule has 0 aliphatic carbocycles. The average molecular weight is 307 g/mol. The lowest BCUT2D eigenvalue weighted by Crippen LogP contribution is -1.94. The zero-order valence-corrected chi connectivity index (χ0v) is 11.8. The topological polar surface area (TPSA) is 29.5 Å². The molecule has 0 saturated carbocycles. The van der Waals surface area contributed by atoms with Gasteiger partial charge in [0.25, 0.3) is 0 Å². The van der Waals surface area contributed by atoms with Crippen molar-refractivity contribution in [1.82, 2.24) is 0 Å². The van der Waals surface area contributed by atoms with Crippen molar-refractivity contribution in [2.24, 2.45) is 0 Å². The number of rotatable bonds is 4. The molecule has 0 aliphatic rings. The molecule has 18 heavy (non-hydrogen) atoms. The summed E-state index contributed by atoms with van der Waals surface area (Å²) in [6, 6.07) is 13.6. The van der Waals surface area contributed by atoms with E-state index < -0.39 is 0 Å². The summed E-state index contributed by atoms with van der Waals surface area (Å²) in [4.78, 5) is 0. The van der Waals surface area contributed by atoms with Gasteiger partial charge in [-0.25, -0.2) is 0 Å². The van der Waals surface area contributed by atoms with Gasteiger partial charge in [-0.3, -0.25) is 0 Å². The highest BCUT2D eigenvalue weighted by molar-refractivity contribution is 9.10. The van der Waals surface area contributed by atoms with Gasteiger partial charge in [0.1, 0.15) is 11.5 Å². The van der Waals surface area contributed by atoms with Crippen molar-refractivity contribution >= 4 is 15.9 Å². The smallest absolute Gasteiger partial charge is 0.134 e. The minimum atomic E-state index is -0.0308. The first-order chi connectivity index (χ1) is 8.74. The maximum absolute atomic E-state index is 9.32. The third-order valence-corrected chi connectivity index (χ3v) is 3.27. The van der Waals surface area contributed by atoms with Crippen molar-refractivity contribution in [2.45, 2.75) is 20.0 Å². The van der Waals surface area contributed by atoms with Gasteiger partial charge in [-0.15, -0.1) is 0 Å². The van der Waals surface area contributed by atoms with Gasteiger partial charge < -0.3 is 9.84 Å². The van der Waals surface area contributed by atoms with Gasteiger partial charge in [0.05, 0.1) is 6.61 Å². The van der Waals surface area contributed by atoms with E-state index in [4.69, 9.17) is 4.74 Å². The van der Waals surface area contributed by atoms with Gasteiger partial charge >= 0.3 is 0 Å². The number of para-hydroxylation sites is 1. The van der Waals surface area contributed by atoms with Crippen LogP contribution < -0.4 is 4.74 Å². The Kier molecular flexibility index (Phi) is 4.39. The van der Waals surface area contributed by atoms with Crippen LogP contribution in [0.15, 0.2) is 46.9 Å². The minimum absolute atomic E-state index is 0.0308. The van der Waals surface area contributed by atoms with Crippen molar-refractivity contribution in [2.75, 3.05) is 0 Å². The molecule has 1 N–H and O–H groups in total. The van der Waals surface area contributed by atoms with Crippen LogP contribution in [0.4, 0.5) is 0 Å². The van der Waals surface area contributed by atoms with Crippen LogP contribution in [0.2, 0.25) is 0 Å². The molecule has 2 aromatic rings. The molecule has 0 atom stereocenters. The van der Waals surface area contributed by atoms with Crippen molar-refractivity contribution in [3.8, 4) is 11.5 Å². The van der Waals surface area contributed by atoms with E-state index in [0.29, 0.717) is 5.75 Å². The zero-order valence-electron chi connectivity index (χ0n) is 10.2. The molecule has 0 saturated heterocycles. The zero-order chi connectivity index (χ0) is 13.0. The average Bonchev–Trinajstić information content (AvgIpc) is 2.40. The van der Waals surface area contributed by atoms with Crippen LogP contribution in [0, 0.1) is 0 Å². The normalized spacial score (nSPS) is 10.4. The molecule has 2 aromatic carbocycles. The Balaban J connectivity index is 2.36. The monoisotopic (exact) mass is 306 g/mol. The summed E-state index contributed by atoms with van der Waals surface area (Å²) < 4.78 is 6.85. The van der Waals surface area contributed by atoms with Crippen molar-refractivity contribution in [1.29, 1.82) is 0 Å². The van der Waals surface area contributed by atoms with Gasteiger partial charge in [0, 0.05) is 10.0 Å². The fourth-order valence-corrected chi connectivity index (χ4v) is 2.11. The van der Waals surface area contributed by atoms with Crippen molar-refractivity contribution in [3.05, 3.63) is 58.1 Å². The molecule has 2 rings (SSSR count). The van der Waals surface area contributed by atoms with Gasteiger partial charge in [0.2, 0.25) is 0 Å². The fraction of sp³-hybridized carbons (Fsp3) is 0.200. The molecule has 0 unspecified atom stereocenters. The third kappa shape index (κ3) is 2.92. The second kappa shape index (κ2) is 6.03. The Morgan fingerprint density at radius 2 is 1.83 bits per heavy atom. The molecule has 0 fully saturated rings. The van der Waals surface area contributed by atoms with E-state index in [1.165, 1.54) is 0 Å². The molecule has 0 radical (unpaired) electrons. The van der Waals surface area contributed by atoms with E-state index in [9.17, 15) is 5.11 Å². The highest BCUT2D eigenvalue weighted by atomic mass is 79.9. The number of benzene rings is 2. The molecule has 0 amide bonds. The quantitative estimate of drug-likeness (QED) is 0.912. The molecule has 0 aromatic heterocycles. The summed E-state index contributed by atoms with van der Waals surface area (Å²) in [6.45, 7) is 2.06. The summed E-state index contributed by atoms with van der Waals surface area (Å²) in [6.07, 6.45) is 0.915. The molecule has 0 bridgehead atoms. The number of ether oxygens (including phenoxy) is 1. The van der Waals surface area contributed by atoms with Crippen LogP contribution in [-0.4, -0.2) is 5.11 Å². The van der Waals surface area contributed by atoms with Crippen LogP contribution >= 0.6 is 15.9 Å². The Labute approximate surface area is 115 Å². The first-order valence-corrected chi connectivity index (χ1v) is 6.69. The molecule has 0 spiro atoms. The Morgan fingerprint density at radius 1 is 1.06 bits per heavy atom. The number of hydrogen-bond donors (Lipinski definition) is 1. The van der Waals surface area contributed by atoms with Crippen molar-refractivity contribution in [3.63, 3.8) is 0 Å². The summed E-state index contributed by atoms with van der Waals surface area (Å²) in [7, 11) is 0. The lowest BCUT2D eigenvalue weighted by atomic mass is 10.1. The Bertz CT molecular complexity index is 538. The number of aliphatic hydroxyl groups is 1. The predicted molar refractivity (Wildman–Crippen MR) is 76.0 cm³/mol. The third-order valence-electron chi connectivity index (χ3n) is 2.77. The molecule has 0 heterocycles. The van der Waals surface area contributed by atoms with Crippen LogP contribution in [0.5, 0.6) is 11.5 Å². The SMILES string of the molecule is CCc1ccccc1Oc1cc(Br)ccc1CO. The summed E-state index contributed by atoms with van der Waals surface area (Å²) >= 11 is 3.41. The molecule has 0 aliphatic heterocycles. The first kappa shape index (κ1) is 13.1. The summed E-state index contributed by atoms with van der Waals surface area (Å²) in [5, 5.41) is 9.32. The van der Waals surface area contributed by atoms with Gasteiger partial charge in [-0.2, -0.15) is 0 Å². The van der Waals surface area contributed by atoms with E-state index in [0.717, 1.165) is 27.8 Å². The summed E-state index contributed by atoms with van der Waals surface area (Å²) in [5.41, 5.74) is 1.94. The maximum Gasteiger partial charge on any atom is 0.134 e. The molecular formula is C15H15BrO2. The number of aliphatic hydroxyl groups excluding tert-OH is 1. The number of aryl methyl sites for hydroxylation is 1. The predicted octanol–water partition coefficient (Wildman–Crippen LogP) is 4.30. The van der Waals surface area contributed by atoms with E-state index in [1.807, 2.05) is 42.5 Å². The van der Waals surface area contributed by atoms with Crippen molar-refractivity contribution < 1.29 is 9.84 Å². The van der Waals surface area contributed by atoms with E-state index in [1.54, 1.807) is 0 Å². The van der Waals surface area contributed by atoms with Crippen LogP contribution in [-0.2, 0) is 13.0 Å². The van der Waals surface area contributed by atoms with Gasteiger partial charge in [-0.05, 0) is 30.2 Å². The fourth-order valence-electron chi connectivity index (χ4n) is 1.77. The van der Waals surface area contributed by atoms with E-state index in [-0.39, 0.29) is 6.61 Å². The highest BCUT2D eigenvalue weighted by Crippen LogP contribution is 2.30. The standard InChI is InChI=1S/C15H15BrO2/c1-2-11-5-3-4-6-14(11)18-15-9-13(16)8-7-12(15)10-17/h3-9,17H,2,10H2,1H3. The van der Waals surface area contributed by atoms with Gasteiger partial charge in [-0.1, -0.05) is 47.1 Å². The first-order valence-electron chi connectivity index (χ1n) is 5.89. The molecule has 3 heteroatoms.